The summed E-state index contributed by atoms with van der Waals surface area (Å²) in [6.07, 6.45) is 7.16. The van der Waals surface area contributed by atoms with Crippen molar-refractivity contribution >= 4 is 22.2 Å². The zero-order valence-electron chi connectivity index (χ0n) is 16.0. The van der Waals surface area contributed by atoms with Crippen molar-refractivity contribution in [3.8, 4) is 0 Å². The summed E-state index contributed by atoms with van der Waals surface area (Å²) in [5, 5.41) is 12.1. The molecule has 1 atom stereocenters. The van der Waals surface area contributed by atoms with Crippen LogP contribution in [0.25, 0.3) is 16.5 Å². The fourth-order valence-corrected chi connectivity index (χ4v) is 4.77. The third kappa shape index (κ3) is 3.34. The Bertz CT molecular complexity index is 1130. The zero-order valence-corrected chi connectivity index (χ0v) is 16.0. The van der Waals surface area contributed by atoms with Gasteiger partial charge in [0.15, 0.2) is 0 Å². The van der Waals surface area contributed by atoms with Crippen LogP contribution < -0.4 is 0 Å². The summed E-state index contributed by atoms with van der Waals surface area (Å²) in [7, 11) is 0. The number of aryl methyl sites for hydroxylation is 1. The molecule has 0 spiro atoms. The van der Waals surface area contributed by atoms with Gasteiger partial charge in [-0.15, -0.1) is 0 Å². The van der Waals surface area contributed by atoms with Gasteiger partial charge in [-0.3, -0.25) is 15.0 Å². The summed E-state index contributed by atoms with van der Waals surface area (Å²) >= 11 is 0. The van der Waals surface area contributed by atoms with E-state index < -0.39 is 0 Å². The lowest BCUT2D eigenvalue weighted by Crippen LogP contribution is -2.32. The second-order valence-corrected chi connectivity index (χ2v) is 8.01. The van der Waals surface area contributed by atoms with Crippen LogP contribution in [0.4, 0.5) is 10.1 Å². The summed E-state index contributed by atoms with van der Waals surface area (Å²) in [5.41, 5.74) is 5.86. The molecule has 0 radical (unpaired) electrons. The van der Waals surface area contributed by atoms with E-state index in [2.05, 4.69) is 16.0 Å². The van der Waals surface area contributed by atoms with Gasteiger partial charge in [0.25, 0.3) is 5.69 Å². The molecule has 2 heterocycles. The normalized spacial score (nSPS) is 19.3. The number of H-pyrrole nitrogens is 1. The van der Waals surface area contributed by atoms with Crippen molar-refractivity contribution in [3.63, 3.8) is 0 Å². The SMILES string of the molecule is O=[N+]([O-])c1ccc2c(c1)C(CN1CC=C(c3c[nH]c4ccc(F)cc34)CC1)CC2. The first-order valence-electron chi connectivity index (χ1n) is 10.0. The van der Waals surface area contributed by atoms with Crippen molar-refractivity contribution in [1.82, 2.24) is 9.88 Å². The van der Waals surface area contributed by atoms with Crippen LogP contribution in [0.5, 0.6) is 0 Å². The minimum absolute atomic E-state index is 0.183. The predicted octanol–water partition coefficient (Wildman–Crippen LogP) is 5.03. The van der Waals surface area contributed by atoms with Gasteiger partial charge in [-0.25, -0.2) is 4.39 Å². The molecule has 1 aliphatic carbocycles. The van der Waals surface area contributed by atoms with Crippen LogP contribution in [-0.2, 0) is 6.42 Å². The minimum Gasteiger partial charge on any atom is -0.361 e. The van der Waals surface area contributed by atoms with E-state index in [9.17, 15) is 14.5 Å². The van der Waals surface area contributed by atoms with Crippen LogP contribution in [0.2, 0.25) is 0 Å². The minimum atomic E-state index is -0.310. The fraction of sp³-hybridized carbons (Fsp3) is 0.304. The Kier molecular flexibility index (Phi) is 4.43. The molecule has 0 saturated carbocycles. The van der Waals surface area contributed by atoms with Crippen LogP contribution in [-0.4, -0.2) is 34.4 Å². The average Bonchev–Trinajstić information content (AvgIpc) is 3.32. The third-order valence-corrected chi connectivity index (χ3v) is 6.30. The zero-order chi connectivity index (χ0) is 20.0. The molecule has 2 aromatic carbocycles. The van der Waals surface area contributed by atoms with E-state index in [1.165, 1.54) is 17.2 Å². The molecule has 6 heteroatoms. The van der Waals surface area contributed by atoms with Crippen molar-refractivity contribution < 1.29 is 9.31 Å². The number of hydrogen-bond donors (Lipinski definition) is 1. The first kappa shape index (κ1) is 18.1. The van der Waals surface area contributed by atoms with Crippen molar-refractivity contribution in [2.45, 2.75) is 25.2 Å². The molecule has 0 bridgehead atoms. The Morgan fingerprint density at radius 3 is 2.90 bits per heavy atom. The molecule has 5 rings (SSSR count). The van der Waals surface area contributed by atoms with Gasteiger partial charge in [0.05, 0.1) is 4.92 Å². The van der Waals surface area contributed by atoms with Gasteiger partial charge in [-0.2, -0.15) is 0 Å². The number of benzene rings is 2. The van der Waals surface area contributed by atoms with Crippen molar-refractivity contribution in [3.05, 3.63) is 81.3 Å². The number of fused-ring (bicyclic) bond motifs is 2. The number of aromatic nitrogens is 1. The molecule has 0 amide bonds. The van der Waals surface area contributed by atoms with Crippen LogP contribution in [0.3, 0.4) is 0 Å². The third-order valence-electron chi connectivity index (χ3n) is 6.30. The largest absolute Gasteiger partial charge is 0.361 e. The maximum Gasteiger partial charge on any atom is 0.269 e. The van der Waals surface area contributed by atoms with Crippen LogP contribution in [0.15, 0.2) is 48.7 Å². The summed E-state index contributed by atoms with van der Waals surface area (Å²) in [4.78, 5) is 16.5. The molecule has 0 fully saturated rings. The van der Waals surface area contributed by atoms with E-state index in [-0.39, 0.29) is 16.4 Å². The molecule has 1 unspecified atom stereocenters. The highest BCUT2D eigenvalue weighted by atomic mass is 19.1. The molecular formula is C23H22FN3O2. The second-order valence-electron chi connectivity index (χ2n) is 8.01. The number of nitrogens with one attached hydrogen (secondary N) is 1. The quantitative estimate of drug-likeness (QED) is 0.501. The molecule has 1 aliphatic heterocycles. The van der Waals surface area contributed by atoms with Crippen molar-refractivity contribution in [2.75, 3.05) is 19.6 Å². The topological polar surface area (TPSA) is 62.2 Å². The Morgan fingerprint density at radius 2 is 2.10 bits per heavy atom. The van der Waals surface area contributed by atoms with Crippen LogP contribution in [0, 0.1) is 15.9 Å². The van der Waals surface area contributed by atoms with E-state index in [4.69, 9.17) is 0 Å². The van der Waals surface area contributed by atoms with E-state index in [0.29, 0.717) is 5.92 Å². The van der Waals surface area contributed by atoms with Gasteiger partial charge in [0, 0.05) is 54.4 Å². The average molecular weight is 391 g/mol. The van der Waals surface area contributed by atoms with Crippen molar-refractivity contribution in [2.24, 2.45) is 0 Å². The lowest BCUT2D eigenvalue weighted by atomic mass is 9.96. The Morgan fingerprint density at radius 1 is 1.21 bits per heavy atom. The standard InChI is InChI=1S/C23H22FN3O2/c24-18-4-6-23-21(11-18)22(13-25-23)16-7-9-26(10-8-16)14-17-2-1-15-3-5-19(27(28)29)12-20(15)17/h3-7,11-13,17,25H,1-2,8-10,14H2. The molecule has 29 heavy (non-hydrogen) atoms. The highest BCUT2D eigenvalue weighted by Gasteiger charge is 2.27. The number of halogens is 1. The molecule has 1 N–H and O–H groups in total. The smallest absolute Gasteiger partial charge is 0.269 e. The van der Waals surface area contributed by atoms with Gasteiger partial charge in [0.2, 0.25) is 0 Å². The van der Waals surface area contributed by atoms with E-state index in [1.807, 2.05) is 12.3 Å². The fourth-order valence-electron chi connectivity index (χ4n) is 4.77. The highest BCUT2D eigenvalue weighted by Crippen LogP contribution is 2.37. The van der Waals surface area contributed by atoms with E-state index >= 15 is 0 Å². The molecular weight excluding hydrogens is 369 g/mol. The number of non-ortho nitro benzene ring substituents is 1. The Balaban J connectivity index is 1.32. The van der Waals surface area contributed by atoms with Gasteiger partial charge in [-0.05, 0) is 60.1 Å². The molecule has 3 aromatic rings. The Hall–Kier alpha value is -2.99. The maximum atomic E-state index is 13.7. The number of nitro benzene ring substituents is 1. The van der Waals surface area contributed by atoms with Gasteiger partial charge in [0.1, 0.15) is 5.82 Å². The summed E-state index contributed by atoms with van der Waals surface area (Å²) in [6, 6.07) is 10.1. The van der Waals surface area contributed by atoms with E-state index in [0.717, 1.165) is 60.9 Å². The monoisotopic (exact) mass is 391 g/mol. The number of nitro groups is 1. The van der Waals surface area contributed by atoms with E-state index in [1.54, 1.807) is 24.3 Å². The lowest BCUT2D eigenvalue weighted by Gasteiger charge is -2.29. The van der Waals surface area contributed by atoms with Gasteiger partial charge >= 0.3 is 0 Å². The van der Waals surface area contributed by atoms with Crippen molar-refractivity contribution in [1.29, 1.82) is 0 Å². The maximum absolute atomic E-state index is 13.7. The highest BCUT2D eigenvalue weighted by molar-refractivity contribution is 5.92. The first-order valence-corrected chi connectivity index (χ1v) is 10.0. The molecule has 1 aromatic heterocycles. The Labute approximate surface area is 168 Å². The summed E-state index contributed by atoms with van der Waals surface area (Å²) < 4.78 is 13.7. The van der Waals surface area contributed by atoms with Crippen LogP contribution >= 0.6 is 0 Å². The molecule has 5 nitrogen and oxygen atoms in total. The number of rotatable bonds is 4. The first-order chi connectivity index (χ1) is 14.1. The second kappa shape index (κ2) is 7.12. The summed E-state index contributed by atoms with van der Waals surface area (Å²) in [5.74, 6) is 0.132. The number of nitrogens with zero attached hydrogens (tertiary/aromatic N) is 2. The molecule has 2 aliphatic rings. The van der Waals surface area contributed by atoms with Gasteiger partial charge in [-0.1, -0.05) is 12.1 Å². The predicted molar refractivity (Wildman–Crippen MR) is 111 cm³/mol. The summed E-state index contributed by atoms with van der Waals surface area (Å²) in [6.45, 7) is 2.70. The lowest BCUT2D eigenvalue weighted by molar-refractivity contribution is -0.384. The molecule has 0 saturated heterocycles. The van der Waals surface area contributed by atoms with Crippen LogP contribution in [0.1, 0.15) is 35.4 Å². The number of hydrogen-bond acceptors (Lipinski definition) is 3. The van der Waals surface area contributed by atoms with Gasteiger partial charge < -0.3 is 4.98 Å². The number of aromatic amines is 1. The molecule has 148 valence electrons.